The Kier molecular flexibility index (Phi) is 2.82. The second-order valence-corrected chi connectivity index (χ2v) is 4.05. The van der Waals surface area contributed by atoms with E-state index in [-0.39, 0.29) is 0 Å². The van der Waals surface area contributed by atoms with E-state index in [1.54, 1.807) is 0 Å². The summed E-state index contributed by atoms with van der Waals surface area (Å²) in [5, 5.41) is 11.4. The van der Waals surface area contributed by atoms with Gasteiger partial charge in [0.15, 0.2) is 0 Å². The van der Waals surface area contributed by atoms with Gasteiger partial charge in [-0.2, -0.15) is 0 Å². The first-order valence-corrected chi connectivity index (χ1v) is 5.38. The van der Waals surface area contributed by atoms with Gasteiger partial charge in [-0.3, -0.25) is 4.68 Å². The zero-order chi connectivity index (χ0) is 9.97. The normalized spacial score (nSPS) is 27.9. The lowest BCUT2D eigenvalue weighted by Gasteiger charge is -2.31. The Morgan fingerprint density at radius 3 is 3.14 bits per heavy atom. The Balaban J connectivity index is 2.19. The van der Waals surface area contributed by atoms with Crippen LogP contribution < -0.4 is 5.32 Å². The number of hydrogen-bond donors (Lipinski definition) is 1. The molecule has 1 aromatic heterocycles. The van der Waals surface area contributed by atoms with Crippen LogP contribution in [-0.2, 0) is 7.05 Å². The number of rotatable bonds is 2. The van der Waals surface area contributed by atoms with Gasteiger partial charge in [0.2, 0.25) is 0 Å². The van der Waals surface area contributed by atoms with E-state index in [0.29, 0.717) is 5.92 Å². The van der Waals surface area contributed by atoms with Crippen LogP contribution in [0.15, 0.2) is 6.20 Å². The van der Waals surface area contributed by atoms with Crippen molar-refractivity contribution in [2.24, 2.45) is 13.0 Å². The molecular weight excluding hydrogens is 176 g/mol. The lowest BCUT2D eigenvalue weighted by molar-refractivity contribution is 0.306. The van der Waals surface area contributed by atoms with Gasteiger partial charge >= 0.3 is 0 Å². The molecule has 0 radical (unpaired) electrons. The Morgan fingerprint density at radius 1 is 1.64 bits per heavy atom. The third kappa shape index (κ3) is 1.66. The Labute approximate surface area is 84.7 Å². The average Bonchev–Trinajstić information content (AvgIpc) is 2.64. The molecule has 2 unspecified atom stereocenters. The minimum absolute atomic E-state index is 0.640. The molecule has 2 atom stereocenters. The molecule has 1 N–H and O–H groups in total. The maximum atomic E-state index is 4.01. The van der Waals surface area contributed by atoms with Crippen molar-refractivity contribution in [2.75, 3.05) is 13.1 Å². The van der Waals surface area contributed by atoms with Crippen molar-refractivity contribution in [3.63, 3.8) is 0 Å². The fourth-order valence-electron chi connectivity index (χ4n) is 2.37. The van der Waals surface area contributed by atoms with Gasteiger partial charge in [-0.1, -0.05) is 18.6 Å². The van der Waals surface area contributed by atoms with Gasteiger partial charge in [0.1, 0.15) is 0 Å². The van der Waals surface area contributed by atoms with E-state index in [2.05, 4.69) is 22.6 Å². The first kappa shape index (κ1) is 9.65. The molecule has 0 aliphatic carbocycles. The van der Waals surface area contributed by atoms with E-state index >= 15 is 0 Å². The summed E-state index contributed by atoms with van der Waals surface area (Å²) in [4.78, 5) is 0. The molecule has 1 aromatic rings. The van der Waals surface area contributed by atoms with Gasteiger partial charge in [0, 0.05) is 13.0 Å². The van der Waals surface area contributed by atoms with Crippen molar-refractivity contribution >= 4 is 0 Å². The van der Waals surface area contributed by atoms with Crippen LogP contribution in [0.3, 0.4) is 0 Å². The van der Waals surface area contributed by atoms with Gasteiger partial charge < -0.3 is 5.32 Å². The second-order valence-electron chi connectivity index (χ2n) is 4.05. The molecule has 4 heteroatoms. The molecule has 0 amide bonds. The molecule has 1 saturated heterocycles. The highest BCUT2D eigenvalue weighted by Gasteiger charge is 2.27. The van der Waals surface area contributed by atoms with Crippen LogP contribution >= 0.6 is 0 Å². The van der Waals surface area contributed by atoms with Crippen LogP contribution in [0.1, 0.15) is 31.4 Å². The molecule has 1 fully saturated rings. The highest BCUT2D eigenvalue weighted by molar-refractivity contribution is 5.07. The fraction of sp³-hybridized carbons (Fsp3) is 0.800. The summed E-state index contributed by atoms with van der Waals surface area (Å²) >= 11 is 0. The van der Waals surface area contributed by atoms with Crippen LogP contribution in [0.2, 0.25) is 0 Å². The molecule has 0 aromatic carbocycles. The molecule has 1 aliphatic rings. The number of nitrogens with one attached hydrogen (secondary N) is 1. The summed E-state index contributed by atoms with van der Waals surface area (Å²) < 4.78 is 1.92. The van der Waals surface area contributed by atoms with Gasteiger partial charge in [-0.25, -0.2) is 0 Å². The number of aromatic nitrogens is 3. The Morgan fingerprint density at radius 2 is 2.50 bits per heavy atom. The standard InChI is InChI=1S/C10H18N4/c1-3-8-6-11-5-4-9(8)10-7-12-13-14(10)2/h7-9,11H,3-6H2,1-2H3. The van der Waals surface area contributed by atoms with Crippen molar-refractivity contribution in [3.8, 4) is 0 Å². The number of aryl methyl sites for hydroxylation is 1. The van der Waals surface area contributed by atoms with Gasteiger partial charge in [0.25, 0.3) is 0 Å². The predicted octanol–water partition coefficient (Wildman–Crippen LogP) is 0.918. The highest BCUT2D eigenvalue weighted by atomic mass is 15.4. The minimum atomic E-state index is 0.640. The molecule has 0 spiro atoms. The summed E-state index contributed by atoms with van der Waals surface area (Å²) in [5.74, 6) is 1.38. The van der Waals surface area contributed by atoms with Crippen molar-refractivity contribution in [1.29, 1.82) is 0 Å². The molecule has 4 nitrogen and oxygen atoms in total. The number of piperidine rings is 1. The van der Waals surface area contributed by atoms with Crippen LogP contribution in [0.5, 0.6) is 0 Å². The number of hydrogen-bond acceptors (Lipinski definition) is 3. The molecule has 1 aliphatic heterocycles. The second kappa shape index (κ2) is 4.09. The zero-order valence-electron chi connectivity index (χ0n) is 8.90. The van der Waals surface area contributed by atoms with Gasteiger partial charge in [-0.15, -0.1) is 5.10 Å². The fourth-order valence-corrected chi connectivity index (χ4v) is 2.37. The van der Waals surface area contributed by atoms with Crippen LogP contribution in [-0.4, -0.2) is 28.1 Å². The summed E-state index contributed by atoms with van der Waals surface area (Å²) in [7, 11) is 1.98. The monoisotopic (exact) mass is 194 g/mol. The first-order valence-electron chi connectivity index (χ1n) is 5.38. The molecule has 0 bridgehead atoms. The van der Waals surface area contributed by atoms with E-state index in [9.17, 15) is 0 Å². The van der Waals surface area contributed by atoms with Crippen molar-refractivity contribution in [3.05, 3.63) is 11.9 Å². The van der Waals surface area contributed by atoms with E-state index in [4.69, 9.17) is 0 Å². The Hall–Kier alpha value is -0.900. The summed E-state index contributed by atoms with van der Waals surface area (Å²) in [5.41, 5.74) is 1.29. The third-order valence-electron chi connectivity index (χ3n) is 3.26. The van der Waals surface area contributed by atoms with Crippen molar-refractivity contribution in [1.82, 2.24) is 20.3 Å². The maximum absolute atomic E-state index is 4.01. The Bertz CT molecular complexity index is 294. The quantitative estimate of drug-likeness (QED) is 0.761. The molecule has 2 heterocycles. The summed E-state index contributed by atoms with van der Waals surface area (Å²) in [6, 6.07) is 0. The SMILES string of the molecule is CCC1CNCCC1c1cnnn1C. The van der Waals surface area contributed by atoms with E-state index in [1.807, 2.05) is 17.9 Å². The lowest BCUT2D eigenvalue weighted by Crippen LogP contribution is -2.35. The topological polar surface area (TPSA) is 42.7 Å². The zero-order valence-corrected chi connectivity index (χ0v) is 8.90. The van der Waals surface area contributed by atoms with Crippen molar-refractivity contribution < 1.29 is 0 Å². The minimum Gasteiger partial charge on any atom is -0.316 e. The molecule has 0 saturated carbocycles. The van der Waals surface area contributed by atoms with Crippen LogP contribution in [0, 0.1) is 5.92 Å². The first-order chi connectivity index (χ1) is 6.83. The highest BCUT2D eigenvalue weighted by Crippen LogP contribution is 2.31. The molecule has 78 valence electrons. The largest absolute Gasteiger partial charge is 0.316 e. The predicted molar refractivity (Wildman–Crippen MR) is 55.0 cm³/mol. The van der Waals surface area contributed by atoms with Gasteiger partial charge in [0.05, 0.1) is 11.9 Å². The van der Waals surface area contributed by atoms with E-state index in [1.165, 1.54) is 18.5 Å². The third-order valence-corrected chi connectivity index (χ3v) is 3.26. The maximum Gasteiger partial charge on any atom is 0.0728 e. The average molecular weight is 194 g/mol. The van der Waals surface area contributed by atoms with Gasteiger partial charge in [-0.05, 0) is 25.4 Å². The van der Waals surface area contributed by atoms with Crippen LogP contribution in [0.4, 0.5) is 0 Å². The number of nitrogens with zero attached hydrogens (tertiary/aromatic N) is 3. The van der Waals surface area contributed by atoms with E-state index < -0.39 is 0 Å². The van der Waals surface area contributed by atoms with Crippen molar-refractivity contribution in [2.45, 2.75) is 25.7 Å². The molecule has 14 heavy (non-hydrogen) atoms. The van der Waals surface area contributed by atoms with Crippen LogP contribution in [0.25, 0.3) is 0 Å². The summed E-state index contributed by atoms with van der Waals surface area (Å²) in [6.45, 7) is 4.51. The summed E-state index contributed by atoms with van der Waals surface area (Å²) in [6.07, 6.45) is 4.35. The molecular formula is C10H18N4. The molecule has 2 rings (SSSR count). The lowest BCUT2D eigenvalue weighted by atomic mass is 9.82. The smallest absolute Gasteiger partial charge is 0.0728 e. The van der Waals surface area contributed by atoms with E-state index in [0.717, 1.165) is 19.0 Å².